The number of nitrogens with two attached hydrogens (primary N) is 1. The summed E-state index contributed by atoms with van der Waals surface area (Å²) in [6, 6.07) is 0. The van der Waals surface area contributed by atoms with Gasteiger partial charge in [-0.25, -0.2) is 0 Å². The van der Waals surface area contributed by atoms with Crippen LogP contribution in [-0.2, 0) is 6.42 Å². The van der Waals surface area contributed by atoms with Gasteiger partial charge in [0.25, 0.3) is 0 Å². The molecule has 0 spiro atoms. The molecule has 1 aromatic rings. The van der Waals surface area contributed by atoms with Gasteiger partial charge in [0.1, 0.15) is 0 Å². The predicted octanol–water partition coefficient (Wildman–Crippen LogP) is 1.97. The molecule has 0 aliphatic rings. The molecule has 4 heteroatoms. The number of hydrogen-bond acceptors (Lipinski definition) is 4. The van der Waals surface area contributed by atoms with Gasteiger partial charge in [0, 0.05) is 10.4 Å². The lowest BCUT2D eigenvalue weighted by atomic mass is 10.2. The van der Waals surface area contributed by atoms with Gasteiger partial charge in [0.05, 0.1) is 13.7 Å². The average molecular weight is 215 g/mol. The Labute approximate surface area is 88.8 Å². The quantitative estimate of drug-likeness (QED) is 0.816. The molecule has 3 nitrogen and oxygen atoms in total. The van der Waals surface area contributed by atoms with E-state index in [-0.39, 0.29) is 0 Å². The summed E-state index contributed by atoms with van der Waals surface area (Å²) in [5.74, 6) is 0.878. The van der Waals surface area contributed by atoms with E-state index in [1.807, 2.05) is 6.92 Å². The van der Waals surface area contributed by atoms with E-state index < -0.39 is 0 Å². The van der Waals surface area contributed by atoms with Crippen molar-refractivity contribution in [2.75, 3.05) is 20.3 Å². The number of thiophene rings is 1. The molecule has 1 rings (SSSR count). The van der Waals surface area contributed by atoms with Crippen molar-refractivity contribution < 1.29 is 9.47 Å². The van der Waals surface area contributed by atoms with Gasteiger partial charge in [-0.3, -0.25) is 0 Å². The van der Waals surface area contributed by atoms with E-state index in [1.165, 1.54) is 10.4 Å². The first kappa shape index (κ1) is 11.3. The summed E-state index contributed by atoms with van der Waals surface area (Å²) < 4.78 is 10.8. The van der Waals surface area contributed by atoms with E-state index >= 15 is 0 Å². The van der Waals surface area contributed by atoms with Crippen molar-refractivity contribution in [3.8, 4) is 10.8 Å². The van der Waals surface area contributed by atoms with Gasteiger partial charge in [-0.05, 0) is 26.8 Å². The van der Waals surface area contributed by atoms with Crippen molar-refractivity contribution in [3.05, 3.63) is 10.4 Å². The van der Waals surface area contributed by atoms with Gasteiger partial charge in [-0.1, -0.05) is 11.3 Å². The molecule has 0 aromatic carbocycles. The first-order chi connectivity index (χ1) is 6.74. The van der Waals surface area contributed by atoms with Gasteiger partial charge in [0.15, 0.2) is 5.75 Å². The van der Waals surface area contributed by atoms with Crippen molar-refractivity contribution in [1.29, 1.82) is 0 Å². The van der Waals surface area contributed by atoms with E-state index in [1.54, 1.807) is 18.4 Å². The number of methoxy groups -OCH3 is 1. The second kappa shape index (κ2) is 5.22. The Morgan fingerprint density at radius 3 is 2.64 bits per heavy atom. The Balaban J connectivity index is 2.98. The molecule has 0 radical (unpaired) electrons. The first-order valence-electron chi connectivity index (χ1n) is 4.73. The zero-order valence-corrected chi connectivity index (χ0v) is 9.74. The molecule has 0 atom stereocenters. The van der Waals surface area contributed by atoms with Crippen molar-refractivity contribution in [1.82, 2.24) is 0 Å². The number of ether oxygens (including phenoxy) is 2. The third kappa shape index (κ3) is 2.19. The molecule has 0 saturated heterocycles. The van der Waals surface area contributed by atoms with Crippen LogP contribution in [-0.4, -0.2) is 20.3 Å². The standard InChI is InChI=1S/C10H17NO2S/c1-4-13-9-7(2)8(5-6-11)14-10(9)12-3/h4-6,11H2,1-3H3. The van der Waals surface area contributed by atoms with Gasteiger partial charge in [-0.2, -0.15) is 0 Å². The topological polar surface area (TPSA) is 44.5 Å². The molecular formula is C10H17NO2S. The first-order valence-corrected chi connectivity index (χ1v) is 5.55. The lowest BCUT2D eigenvalue weighted by molar-refractivity contribution is 0.314. The lowest BCUT2D eigenvalue weighted by Gasteiger charge is -2.04. The van der Waals surface area contributed by atoms with Crippen LogP contribution in [0.15, 0.2) is 0 Å². The predicted molar refractivity (Wildman–Crippen MR) is 59.5 cm³/mol. The molecule has 0 fully saturated rings. The third-order valence-corrected chi connectivity index (χ3v) is 3.30. The molecule has 0 aliphatic carbocycles. The highest BCUT2D eigenvalue weighted by Crippen LogP contribution is 2.41. The van der Waals surface area contributed by atoms with Crippen molar-refractivity contribution in [2.45, 2.75) is 20.3 Å². The smallest absolute Gasteiger partial charge is 0.217 e. The molecule has 2 N–H and O–H groups in total. The van der Waals surface area contributed by atoms with E-state index in [0.717, 1.165) is 17.2 Å². The van der Waals surface area contributed by atoms with Crippen molar-refractivity contribution in [3.63, 3.8) is 0 Å². The minimum atomic E-state index is 0.663. The molecule has 0 saturated carbocycles. The van der Waals surface area contributed by atoms with Crippen LogP contribution in [0.2, 0.25) is 0 Å². The number of rotatable bonds is 5. The average Bonchev–Trinajstić information content (AvgIpc) is 2.47. The Morgan fingerprint density at radius 1 is 1.43 bits per heavy atom. The van der Waals surface area contributed by atoms with Gasteiger partial charge < -0.3 is 15.2 Å². The zero-order valence-electron chi connectivity index (χ0n) is 8.92. The summed E-state index contributed by atoms with van der Waals surface area (Å²) in [5.41, 5.74) is 6.70. The molecule has 1 aromatic heterocycles. The maximum Gasteiger partial charge on any atom is 0.217 e. The monoisotopic (exact) mass is 215 g/mol. The highest BCUT2D eigenvalue weighted by molar-refractivity contribution is 7.14. The van der Waals surface area contributed by atoms with Crippen molar-refractivity contribution >= 4 is 11.3 Å². The van der Waals surface area contributed by atoms with E-state index in [0.29, 0.717) is 13.2 Å². The van der Waals surface area contributed by atoms with Crippen LogP contribution < -0.4 is 15.2 Å². The second-order valence-electron chi connectivity index (χ2n) is 2.94. The molecule has 0 unspecified atom stereocenters. The van der Waals surface area contributed by atoms with E-state index in [4.69, 9.17) is 15.2 Å². The minimum Gasteiger partial charge on any atom is -0.489 e. The SMILES string of the molecule is CCOc1c(OC)sc(CCN)c1C. The highest BCUT2D eigenvalue weighted by atomic mass is 32.1. The van der Waals surface area contributed by atoms with Gasteiger partial charge >= 0.3 is 0 Å². The fourth-order valence-electron chi connectivity index (χ4n) is 1.33. The zero-order chi connectivity index (χ0) is 10.6. The van der Waals surface area contributed by atoms with Crippen LogP contribution in [0.25, 0.3) is 0 Å². The van der Waals surface area contributed by atoms with Crippen LogP contribution in [0.5, 0.6) is 10.8 Å². The van der Waals surface area contributed by atoms with Crippen LogP contribution in [0.4, 0.5) is 0 Å². The van der Waals surface area contributed by atoms with Crippen LogP contribution in [0, 0.1) is 6.92 Å². The summed E-state index contributed by atoms with van der Waals surface area (Å²) in [6.07, 6.45) is 0.889. The highest BCUT2D eigenvalue weighted by Gasteiger charge is 2.15. The van der Waals surface area contributed by atoms with E-state index in [2.05, 4.69) is 6.92 Å². The molecule has 1 heterocycles. The van der Waals surface area contributed by atoms with Crippen molar-refractivity contribution in [2.24, 2.45) is 5.73 Å². The second-order valence-corrected chi connectivity index (χ2v) is 4.01. The number of hydrogen-bond donors (Lipinski definition) is 1. The summed E-state index contributed by atoms with van der Waals surface area (Å²) in [6.45, 7) is 5.35. The molecule has 0 amide bonds. The summed E-state index contributed by atoms with van der Waals surface area (Å²) in [5, 5.41) is 0.854. The van der Waals surface area contributed by atoms with Gasteiger partial charge in [0.2, 0.25) is 5.06 Å². The summed E-state index contributed by atoms with van der Waals surface area (Å²) >= 11 is 1.62. The Kier molecular flexibility index (Phi) is 4.22. The maximum absolute atomic E-state index is 5.53. The third-order valence-electron chi connectivity index (χ3n) is 2.01. The van der Waals surface area contributed by atoms with Gasteiger partial charge in [-0.15, -0.1) is 0 Å². The molecule has 80 valence electrons. The van der Waals surface area contributed by atoms with E-state index in [9.17, 15) is 0 Å². The van der Waals surface area contributed by atoms with Crippen LogP contribution in [0.1, 0.15) is 17.4 Å². The minimum absolute atomic E-state index is 0.663. The fraction of sp³-hybridized carbons (Fsp3) is 0.600. The Morgan fingerprint density at radius 2 is 2.14 bits per heavy atom. The van der Waals surface area contributed by atoms with Crippen LogP contribution >= 0.6 is 11.3 Å². The molecule has 14 heavy (non-hydrogen) atoms. The largest absolute Gasteiger partial charge is 0.489 e. The molecular weight excluding hydrogens is 198 g/mol. The Hall–Kier alpha value is -0.740. The molecule has 0 bridgehead atoms. The Bertz CT molecular complexity index is 297. The normalized spacial score (nSPS) is 10.3. The summed E-state index contributed by atoms with van der Waals surface area (Å²) in [7, 11) is 1.67. The summed E-state index contributed by atoms with van der Waals surface area (Å²) in [4.78, 5) is 1.26. The lowest BCUT2D eigenvalue weighted by Crippen LogP contribution is -2.02. The van der Waals surface area contributed by atoms with Crippen LogP contribution in [0.3, 0.4) is 0 Å². The fourth-order valence-corrected chi connectivity index (χ4v) is 2.41. The maximum atomic E-state index is 5.53. The molecule has 0 aliphatic heterocycles.